The summed E-state index contributed by atoms with van der Waals surface area (Å²) in [6, 6.07) is 3.76. The smallest absolute Gasteiger partial charge is 0.307 e. The number of nitrogens with zero attached hydrogens (tertiary/aromatic N) is 6. The number of fused-ring (bicyclic) bond motifs is 1. The molecule has 1 N–H and O–H groups in total. The molecule has 0 amide bonds. The molecule has 10 nitrogen and oxygen atoms in total. The van der Waals surface area contributed by atoms with Crippen molar-refractivity contribution in [1.29, 1.82) is 0 Å². The third-order valence-corrected chi connectivity index (χ3v) is 5.31. The summed E-state index contributed by atoms with van der Waals surface area (Å²) < 4.78 is 20.6. The van der Waals surface area contributed by atoms with E-state index >= 15 is 0 Å². The van der Waals surface area contributed by atoms with Crippen molar-refractivity contribution in [2.75, 3.05) is 37.8 Å². The van der Waals surface area contributed by atoms with Gasteiger partial charge in [-0.1, -0.05) is 25.6 Å². The molecule has 160 valence electrons. The van der Waals surface area contributed by atoms with Crippen molar-refractivity contribution in [2.45, 2.75) is 19.0 Å². The van der Waals surface area contributed by atoms with Gasteiger partial charge < -0.3 is 15.0 Å². The second-order valence-electron chi connectivity index (χ2n) is 6.19. The summed E-state index contributed by atoms with van der Waals surface area (Å²) in [7, 11) is 1.35. The number of aromatic nitrogens is 4. The summed E-state index contributed by atoms with van der Waals surface area (Å²) in [5, 5.41) is 18.8. The lowest BCUT2D eigenvalue weighted by Crippen LogP contribution is -2.25. The number of nitro benzene ring substituents is 1. The Kier molecular flexibility index (Phi) is 7.00. The molecule has 0 spiro atoms. The van der Waals surface area contributed by atoms with Gasteiger partial charge in [0.05, 0.1) is 23.9 Å². The van der Waals surface area contributed by atoms with Gasteiger partial charge in [-0.3, -0.25) is 10.1 Å². The number of nitro groups is 1. The fraction of sp³-hybridized carbons (Fsp3) is 0.389. The first-order valence-electron chi connectivity index (χ1n) is 9.32. The molecular weight excluding hydrogens is 413 g/mol. The highest BCUT2D eigenvalue weighted by Crippen LogP contribution is 2.33. The van der Waals surface area contributed by atoms with Crippen LogP contribution in [0.3, 0.4) is 0 Å². The summed E-state index contributed by atoms with van der Waals surface area (Å²) in [6.07, 6.45) is 1.57. The van der Waals surface area contributed by atoms with Crippen LogP contribution >= 0.6 is 11.8 Å². The molecular formula is C18H22FN7O3S. The van der Waals surface area contributed by atoms with Crippen LogP contribution in [0.15, 0.2) is 29.6 Å². The number of methoxy groups -OCH3 is 1. The second-order valence-corrected chi connectivity index (χ2v) is 7.25. The second kappa shape index (κ2) is 9.67. The van der Waals surface area contributed by atoms with Crippen LogP contribution in [0.4, 0.5) is 21.7 Å². The van der Waals surface area contributed by atoms with Gasteiger partial charge in [-0.05, 0) is 13.1 Å². The van der Waals surface area contributed by atoms with Gasteiger partial charge >= 0.3 is 5.69 Å². The van der Waals surface area contributed by atoms with Crippen molar-refractivity contribution in [3.63, 3.8) is 0 Å². The van der Waals surface area contributed by atoms with Crippen molar-refractivity contribution in [1.82, 2.24) is 24.5 Å². The lowest BCUT2D eigenvalue weighted by molar-refractivity contribution is -0.387. The molecule has 0 radical (unpaired) electrons. The molecule has 0 aliphatic rings. The zero-order valence-electron chi connectivity index (χ0n) is 16.8. The molecule has 30 heavy (non-hydrogen) atoms. The molecule has 0 atom stereocenters. The first-order chi connectivity index (χ1) is 14.5. The first kappa shape index (κ1) is 21.7. The largest absolute Gasteiger partial charge is 0.494 e. The SMILES string of the molecule is CCN(CC)CCSc1nc(Nc2cc([N+](=O)[O-])c(F)cc2OC)n2nccc2n1. The molecule has 3 rings (SSSR count). The van der Waals surface area contributed by atoms with Gasteiger partial charge in [0.1, 0.15) is 5.75 Å². The number of hydrogen-bond donors (Lipinski definition) is 1. The Labute approximate surface area is 176 Å². The van der Waals surface area contributed by atoms with E-state index in [1.807, 2.05) is 0 Å². The van der Waals surface area contributed by atoms with Gasteiger partial charge in [0.25, 0.3) is 0 Å². The number of nitrogens with one attached hydrogen (secondary N) is 1. The van der Waals surface area contributed by atoms with Gasteiger partial charge in [-0.15, -0.1) is 0 Å². The normalized spacial score (nSPS) is 11.2. The Morgan fingerprint density at radius 3 is 2.77 bits per heavy atom. The van der Waals surface area contributed by atoms with Gasteiger partial charge in [-0.2, -0.15) is 19.0 Å². The maximum absolute atomic E-state index is 13.9. The predicted octanol–water partition coefficient (Wildman–Crippen LogP) is 3.36. The van der Waals surface area contributed by atoms with Gasteiger partial charge in [0, 0.05) is 30.5 Å². The Morgan fingerprint density at radius 1 is 1.33 bits per heavy atom. The maximum atomic E-state index is 13.9. The van der Waals surface area contributed by atoms with Crippen LogP contribution in [0.2, 0.25) is 0 Å². The van der Waals surface area contributed by atoms with Crippen molar-refractivity contribution in [3.05, 3.63) is 40.3 Å². The predicted molar refractivity (Wildman–Crippen MR) is 112 cm³/mol. The lowest BCUT2D eigenvalue weighted by Gasteiger charge is -2.17. The van der Waals surface area contributed by atoms with Crippen molar-refractivity contribution < 1.29 is 14.1 Å². The standard InChI is InChI=1S/C18H22FN7O3S/c1-4-24(5-2)8-9-30-18-22-16-6-7-20-25(16)17(23-18)21-13-11-14(26(27)28)12(19)10-15(13)29-3/h6-7,10-11H,4-5,8-9H2,1-3H3,(H,21,22,23). The van der Waals surface area contributed by atoms with Crippen LogP contribution in [0.1, 0.15) is 13.8 Å². The van der Waals surface area contributed by atoms with Gasteiger partial charge in [0.2, 0.25) is 11.8 Å². The Hall–Kier alpha value is -2.99. The average molecular weight is 435 g/mol. The van der Waals surface area contributed by atoms with Crippen LogP contribution in [0, 0.1) is 15.9 Å². The number of rotatable bonds is 10. The molecule has 3 aromatic rings. The minimum absolute atomic E-state index is 0.104. The van der Waals surface area contributed by atoms with E-state index in [0.717, 1.165) is 37.5 Å². The Balaban J connectivity index is 1.91. The lowest BCUT2D eigenvalue weighted by atomic mass is 10.2. The molecule has 0 aliphatic carbocycles. The van der Waals surface area contributed by atoms with Crippen molar-refractivity contribution in [2.24, 2.45) is 0 Å². The molecule has 0 fully saturated rings. The highest BCUT2D eigenvalue weighted by Gasteiger charge is 2.20. The molecule has 0 unspecified atom stereocenters. The van der Waals surface area contributed by atoms with Crippen LogP contribution in [0.25, 0.3) is 5.65 Å². The first-order valence-corrected chi connectivity index (χ1v) is 10.3. The molecule has 0 saturated heterocycles. The average Bonchev–Trinajstić information content (AvgIpc) is 3.21. The zero-order valence-corrected chi connectivity index (χ0v) is 17.6. The highest BCUT2D eigenvalue weighted by atomic mass is 32.2. The summed E-state index contributed by atoms with van der Waals surface area (Å²) in [5.74, 6) is 0.209. The maximum Gasteiger partial charge on any atom is 0.307 e. The molecule has 12 heteroatoms. The fourth-order valence-corrected chi connectivity index (χ4v) is 3.67. The van der Waals surface area contributed by atoms with E-state index in [1.165, 1.54) is 23.4 Å². The molecule has 0 bridgehead atoms. The van der Waals surface area contributed by atoms with Gasteiger partial charge in [-0.25, -0.2) is 4.98 Å². The number of hydrogen-bond acceptors (Lipinski definition) is 9. The Morgan fingerprint density at radius 2 is 2.10 bits per heavy atom. The fourth-order valence-electron chi connectivity index (χ4n) is 2.83. The van der Waals surface area contributed by atoms with Crippen LogP contribution < -0.4 is 10.1 Å². The number of halogens is 1. The number of benzene rings is 1. The van der Waals surface area contributed by atoms with Crippen molar-refractivity contribution in [3.8, 4) is 5.75 Å². The molecule has 0 saturated carbocycles. The Bertz CT molecular complexity index is 1040. The van der Waals surface area contributed by atoms with E-state index < -0.39 is 16.4 Å². The summed E-state index contributed by atoms with van der Waals surface area (Å²) in [5.41, 5.74) is 0.0893. The van der Waals surface area contributed by atoms with E-state index in [9.17, 15) is 14.5 Å². The topological polar surface area (TPSA) is 111 Å². The summed E-state index contributed by atoms with van der Waals surface area (Å²) in [4.78, 5) is 21.6. The van der Waals surface area contributed by atoms with Crippen LogP contribution in [-0.2, 0) is 0 Å². The number of thioether (sulfide) groups is 1. The molecule has 0 aliphatic heterocycles. The zero-order chi connectivity index (χ0) is 21.7. The molecule has 1 aromatic carbocycles. The number of ether oxygens (including phenoxy) is 1. The highest BCUT2D eigenvalue weighted by molar-refractivity contribution is 7.99. The summed E-state index contributed by atoms with van der Waals surface area (Å²) in [6.45, 7) is 7.05. The number of anilines is 2. The quantitative estimate of drug-likeness (QED) is 0.291. The molecule has 2 heterocycles. The van der Waals surface area contributed by atoms with Crippen LogP contribution in [-0.4, -0.2) is 61.9 Å². The van der Waals surface area contributed by atoms with Crippen LogP contribution in [0.5, 0.6) is 5.75 Å². The van der Waals surface area contributed by atoms with Crippen molar-refractivity contribution >= 4 is 34.7 Å². The molecule has 2 aromatic heterocycles. The van der Waals surface area contributed by atoms with E-state index in [1.54, 1.807) is 12.3 Å². The third-order valence-electron chi connectivity index (χ3n) is 4.48. The van der Waals surface area contributed by atoms with E-state index in [-0.39, 0.29) is 17.4 Å². The van der Waals surface area contributed by atoms with E-state index in [0.29, 0.717) is 10.8 Å². The summed E-state index contributed by atoms with van der Waals surface area (Å²) >= 11 is 1.50. The minimum atomic E-state index is -0.984. The monoisotopic (exact) mass is 435 g/mol. The van der Waals surface area contributed by atoms with E-state index in [2.05, 4.69) is 39.1 Å². The third kappa shape index (κ3) is 4.76. The minimum Gasteiger partial charge on any atom is -0.494 e. The van der Waals surface area contributed by atoms with E-state index in [4.69, 9.17) is 4.74 Å². The van der Waals surface area contributed by atoms with Gasteiger partial charge in [0.15, 0.2) is 10.8 Å².